The van der Waals surface area contributed by atoms with Gasteiger partial charge in [-0.25, -0.2) is 0 Å². The third kappa shape index (κ3) is 2.15. The molecular formula is C5H13BOP+. The molecule has 0 aromatic heterocycles. The minimum Gasteiger partial charge on any atom is -0.270 e. The van der Waals surface area contributed by atoms with Crippen molar-refractivity contribution in [1.29, 1.82) is 0 Å². The van der Waals surface area contributed by atoms with Gasteiger partial charge < -0.3 is 0 Å². The molecule has 1 atom stereocenters. The van der Waals surface area contributed by atoms with E-state index in [1.807, 2.05) is 20.8 Å². The molecule has 0 spiro atoms. The highest BCUT2D eigenvalue weighted by molar-refractivity contribution is 7.93. The van der Waals surface area contributed by atoms with Gasteiger partial charge in [0.05, 0.1) is 19.2 Å². The molecule has 0 aliphatic heterocycles. The topological polar surface area (TPSA) is 20.2 Å². The van der Waals surface area contributed by atoms with E-state index in [0.717, 1.165) is 0 Å². The lowest BCUT2D eigenvalue weighted by Gasteiger charge is -2.25. The van der Waals surface area contributed by atoms with E-state index in [-0.39, 0.29) is 5.16 Å². The molecule has 2 radical (unpaired) electrons. The Kier molecular flexibility index (Phi) is 2.12. The minimum absolute atomic E-state index is 0.118. The van der Waals surface area contributed by atoms with Gasteiger partial charge in [-0.05, 0) is 20.8 Å². The third-order valence-corrected chi connectivity index (χ3v) is 4.07. The average Bonchev–Trinajstić information content (AvgIpc) is 1.25. The van der Waals surface area contributed by atoms with Gasteiger partial charge in [0.15, 0.2) is 0 Å². The fourth-order valence-corrected chi connectivity index (χ4v) is 0. The molecular weight excluding hydrogens is 118 g/mol. The summed E-state index contributed by atoms with van der Waals surface area (Å²) in [6, 6.07) is 0. The van der Waals surface area contributed by atoms with E-state index in [0.29, 0.717) is 0 Å². The molecule has 0 rings (SSSR count). The van der Waals surface area contributed by atoms with Crippen LogP contribution in [0.4, 0.5) is 0 Å². The molecule has 1 N–H and O–H groups in total. The molecule has 0 aliphatic carbocycles. The van der Waals surface area contributed by atoms with Crippen molar-refractivity contribution in [2.24, 2.45) is 0 Å². The number of hydrogen-bond donors (Lipinski definition) is 1. The van der Waals surface area contributed by atoms with Crippen LogP contribution in [-0.2, 0) is 0 Å². The lowest BCUT2D eigenvalue weighted by molar-refractivity contribution is 0.576. The monoisotopic (exact) mass is 131 g/mol. The Hall–Kier alpha value is 0.455. The summed E-state index contributed by atoms with van der Waals surface area (Å²) >= 11 is 0. The molecule has 8 heavy (non-hydrogen) atoms. The van der Waals surface area contributed by atoms with Gasteiger partial charge in [-0.3, -0.25) is 4.89 Å². The Balaban J connectivity index is 4.02. The summed E-state index contributed by atoms with van der Waals surface area (Å²) in [5.74, 6) is 0. The van der Waals surface area contributed by atoms with Crippen LogP contribution in [0.25, 0.3) is 0 Å². The van der Waals surface area contributed by atoms with Gasteiger partial charge >= 0.3 is 7.57 Å². The second-order valence-corrected chi connectivity index (χ2v) is 6.59. The highest BCUT2D eigenvalue weighted by atomic mass is 31.2. The van der Waals surface area contributed by atoms with Crippen molar-refractivity contribution in [3.05, 3.63) is 0 Å². The lowest BCUT2D eigenvalue weighted by Crippen LogP contribution is -2.18. The molecule has 0 saturated carbocycles. The van der Waals surface area contributed by atoms with Crippen LogP contribution in [0.3, 0.4) is 0 Å². The summed E-state index contributed by atoms with van der Waals surface area (Å²) in [7, 11) is 3.38. The van der Waals surface area contributed by atoms with Crippen LogP contribution in [0.5, 0.6) is 0 Å². The molecule has 0 aliphatic rings. The van der Waals surface area contributed by atoms with Crippen LogP contribution in [0.2, 0.25) is 0 Å². The first-order chi connectivity index (χ1) is 3.25. The van der Waals surface area contributed by atoms with Crippen LogP contribution < -0.4 is 0 Å². The van der Waals surface area contributed by atoms with Crippen LogP contribution >= 0.6 is 7.37 Å². The molecule has 0 aromatic carbocycles. The number of hydrogen-bond acceptors (Lipinski definition) is 1. The summed E-state index contributed by atoms with van der Waals surface area (Å²) in [5, 5.41) is -0.118. The molecule has 0 heterocycles. The molecule has 3 heteroatoms. The van der Waals surface area contributed by atoms with Crippen molar-refractivity contribution < 1.29 is 4.89 Å². The molecule has 0 amide bonds. The molecule has 46 valence electrons. The van der Waals surface area contributed by atoms with Crippen LogP contribution in [0, 0.1) is 0 Å². The van der Waals surface area contributed by atoms with Crippen molar-refractivity contribution >= 4 is 14.9 Å². The van der Waals surface area contributed by atoms with Gasteiger partial charge in [0.1, 0.15) is 0 Å². The van der Waals surface area contributed by atoms with E-state index < -0.39 is 7.37 Å². The zero-order chi connectivity index (χ0) is 7.00. The van der Waals surface area contributed by atoms with E-state index in [4.69, 9.17) is 7.57 Å². The summed E-state index contributed by atoms with van der Waals surface area (Å²) in [6.07, 6.45) is 0. The minimum atomic E-state index is -2.10. The van der Waals surface area contributed by atoms with Gasteiger partial charge in [-0.2, -0.15) is 0 Å². The Labute approximate surface area is 53.3 Å². The third-order valence-electron chi connectivity index (χ3n) is 1.36. The standard InChI is InChI=1S/C5H13BOP/c1-5(2,3)8(4,6)7/h7H,1-4H3/q+1. The highest BCUT2D eigenvalue weighted by Crippen LogP contribution is 2.57. The van der Waals surface area contributed by atoms with Crippen LogP contribution in [-0.4, -0.2) is 24.3 Å². The Morgan fingerprint density at radius 3 is 1.50 bits per heavy atom. The summed E-state index contributed by atoms with van der Waals surface area (Å²) in [5.41, 5.74) is 0. The molecule has 1 unspecified atom stereocenters. The zero-order valence-electron chi connectivity index (χ0n) is 5.97. The maximum atomic E-state index is 9.24. The van der Waals surface area contributed by atoms with Gasteiger partial charge in [0, 0.05) is 0 Å². The second kappa shape index (κ2) is 2.00. The smallest absolute Gasteiger partial charge is 0.270 e. The first-order valence-electron chi connectivity index (χ1n) is 2.63. The molecule has 1 nitrogen and oxygen atoms in total. The van der Waals surface area contributed by atoms with E-state index >= 15 is 0 Å². The average molecular weight is 131 g/mol. The van der Waals surface area contributed by atoms with Gasteiger partial charge in [0.2, 0.25) is 0 Å². The molecule has 0 aromatic rings. The quantitative estimate of drug-likeness (QED) is 0.389. The van der Waals surface area contributed by atoms with Gasteiger partial charge in [0.25, 0.3) is 0 Å². The van der Waals surface area contributed by atoms with Gasteiger partial charge in [-0.15, -0.1) is 0 Å². The zero-order valence-corrected chi connectivity index (χ0v) is 6.87. The van der Waals surface area contributed by atoms with Crippen molar-refractivity contribution in [2.75, 3.05) is 6.66 Å². The normalized spacial score (nSPS) is 20.1. The predicted molar refractivity (Wildman–Crippen MR) is 40.6 cm³/mol. The summed E-state index contributed by atoms with van der Waals surface area (Å²) in [4.78, 5) is 9.24. The first-order valence-corrected chi connectivity index (χ1v) is 4.89. The highest BCUT2D eigenvalue weighted by Gasteiger charge is 2.37. The Morgan fingerprint density at radius 1 is 1.38 bits per heavy atom. The molecule has 0 bridgehead atoms. The van der Waals surface area contributed by atoms with Crippen molar-refractivity contribution in [3.8, 4) is 0 Å². The Morgan fingerprint density at radius 2 is 1.50 bits per heavy atom. The summed E-state index contributed by atoms with van der Waals surface area (Å²) in [6.45, 7) is 7.55. The fourth-order valence-electron chi connectivity index (χ4n) is 0. The molecule has 0 fully saturated rings. The van der Waals surface area contributed by atoms with Crippen LogP contribution in [0.1, 0.15) is 20.8 Å². The maximum absolute atomic E-state index is 9.24. The first kappa shape index (κ1) is 8.45. The van der Waals surface area contributed by atoms with E-state index in [2.05, 4.69) is 0 Å². The fraction of sp³-hybridized carbons (Fsp3) is 1.00. The van der Waals surface area contributed by atoms with E-state index in [9.17, 15) is 4.89 Å². The largest absolute Gasteiger partial charge is 0.401 e. The summed E-state index contributed by atoms with van der Waals surface area (Å²) < 4.78 is 0. The predicted octanol–water partition coefficient (Wildman–Crippen LogP) is 1.42. The van der Waals surface area contributed by atoms with Crippen molar-refractivity contribution in [1.82, 2.24) is 0 Å². The Bertz CT molecular complexity index is 67.4. The van der Waals surface area contributed by atoms with Crippen LogP contribution in [0.15, 0.2) is 0 Å². The van der Waals surface area contributed by atoms with E-state index in [1.165, 1.54) is 0 Å². The van der Waals surface area contributed by atoms with Gasteiger partial charge in [-0.1, -0.05) is 0 Å². The van der Waals surface area contributed by atoms with Crippen molar-refractivity contribution in [3.63, 3.8) is 0 Å². The lowest BCUT2D eigenvalue weighted by atomic mass is 10.3. The maximum Gasteiger partial charge on any atom is 0.401 e. The SMILES string of the molecule is [B][P+](C)(O)C(C)(C)C. The van der Waals surface area contributed by atoms with E-state index in [1.54, 1.807) is 6.66 Å². The van der Waals surface area contributed by atoms with Crippen molar-refractivity contribution in [2.45, 2.75) is 25.9 Å². The number of rotatable bonds is 0. The molecule has 0 saturated heterocycles. The second-order valence-electron chi connectivity index (χ2n) is 3.20.